The van der Waals surface area contributed by atoms with Gasteiger partial charge in [-0.05, 0) is 42.0 Å². The Morgan fingerprint density at radius 1 is 0.862 bits per heavy atom. The van der Waals surface area contributed by atoms with E-state index in [-0.39, 0.29) is 5.91 Å². The molecule has 3 N–H and O–H groups in total. The second-order valence-electron chi connectivity index (χ2n) is 7.21. The van der Waals surface area contributed by atoms with Gasteiger partial charge in [-0.1, -0.05) is 42.5 Å². The van der Waals surface area contributed by atoms with E-state index in [1.54, 1.807) is 0 Å². The maximum Gasteiger partial charge on any atom is 0.256 e. The lowest BCUT2D eigenvalue weighted by atomic mass is 10.0. The van der Waals surface area contributed by atoms with Gasteiger partial charge in [0.2, 0.25) is 0 Å². The Morgan fingerprint density at radius 3 is 2.66 bits per heavy atom. The number of anilines is 1. The van der Waals surface area contributed by atoms with E-state index in [4.69, 9.17) is 0 Å². The van der Waals surface area contributed by atoms with Gasteiger partial charge in [-0.25, -0.2) is 0 Å². The quantitative estimate of drug-likeness (QED) is 0.370. The van der Waals surface area contributed by atoms with Crippen LogP contribution in [0.3, 0.4) is 0 Å². The van der Waals surface area contributed by atoms with Crippen LogP contribution in [0, 0.1) is 0 Å². The Labute approximate surface area is 166 Å². The van der Waals surface area contributed by atoms with E-state index in [0.717, 1.165) is 50.0 Å². The van der Waals surface area contributed by atoms with E-state index in [9.17, 15) is 4.79 Å². The summed E-state index contributed by atoms with van der Waals surface area (Å²) in [5, 5.41) is 12.8. The second-order valence-corrected chi connectivity index (χ2v) is 7.21. The zero-order valence-electron chi connectivity index (χ0n) is 15.4. The SMILES string of the molecule is O=C1Nc2ccccc2/C1=C\c1ccc2c(-c3cc4ccccc4[nH]3)n[nH]c2c1. The van der Waals surface area contributed by atoms with Gasteiger partial charge in [-0.15, -0.1) is 0 Å². The number of rotatable bonds is 2. The van der Waals surface area contributed by atoms with Crippen molar-refractivity contribution in [3.63, 3.8) is 0 Å². The Balaban J connectivity index is 1.43. The van der Waals surface area contributed by atoms with Gasteiger partial charge in [0.25, 0.3) is 5.91 Å². The van der Waals surface area contributed by atoms with Crippen LogP contribution in [0.2, 0.25) is 0 Å². The van der Waals surface area contributed by atoms with Gasteiger partial charge in [-0.3, -0.25) is 9.89 Å². The minimum Gasteiger partial charge on any atom is -0.353 e. The van der Waals surface area contributed by atoms with Crippen molar-refractivity contribution in [1.29, 1.82) is 0 Å². The van der Waals surface area contributed by atoms with Crippen molar-refractivity contribution in [1.82, 2.24) is 15.2 Å². The van der Waals surface area contributed by atoms with Crippen LogP contribution >= 0.6 is 0 Å². The summed E-state index contributed by atoms with van der Waals surface area (Å²) in [5.41, 5.74) is 7.30. The van der Waals surface area contributed by atoms with E-state index in [0.29, 0.717) is 5.57 Å². The van der Waals surface area contributed by atoms with Gasteiger partial charge in [-0.2, -0.15) is 5.10 Å². The molecule has 0 aliphatic carbocycles. The first-order valence-electron chi connectivity index (χ1n) is 9.45. The third kappa shape index (κ3) is 2.48. The maximum atomic E-state index is 12.4. The number of amides is 1. The molecule has 0 bridgehead atoms. The highest BCUT2D eigenvalue weighted by atomic mass is 16.2. The summed E-state index contributed by atoms with van der Waals surface area (Å²) >= 11 is 0. The molecule has 1 aliphatic rings. The molecule has 0 saturated carbocycles. The van der Waals surface area contributed by atoms with Gasteiger partial charge in [0.1, 0.15) is 5.69 Å². The van der Waals surface area contributed by atoms with Crippen molar-refractivity contribution < 1.29 is 4.79 Å². The molecule has 0 spiro atoms. The lowest BCUT2D eigenvalue weighted by Crippen LogP contribution is -2.03. The second kappa shape index (κ2) is 5.94. The molecule has 29 heavy (non-hydrogen) atoms. The molecule has 0 fully saturated rings. The van der Waals surface area contributed by atoms with E-state index in [2.05, 4.69) is 38.7 Å². The predicted octanol–water partition coefficient (Wildman–Crippen LogP) is 5.20. The van der Waals surface area contributed by atoms with E-state index >= 15 is 0 Å². The lowest BCUT2D eigenvalue weighted by Gasteiger charge is -1.99. The first kappa shape index (κ1) is 15.9. The zero-order chi connectivity index (χ0) is 19.4. The molecule has 1 aliphatic heterocycles. The maximum absolute atomic E-state index is 12.4. The normalized spacial score (nSPS) is 14.6. The number of nitrogens with zero attached hydrogens (tertiary/aromatic N) is 1. The molecule has 1 amide bonds. The van der Waals surface area contributed by atoms with Crippen LogP contribution in [0.4, 0.5) is 5.69 Å². The number of carbonyl (C=O) groups excluding carboxylic acids is 1. The minimum absolute atomic E-state index is 0.0744. The average molecular weight is 376 g/mol. The molecular weight excluding hydrogens is 360 g/mol. The number of nitrogens with one attached hydrogen (secondary N) is 3. The largest absolute Gasteiger partial charge is 0.353 e. The number of fused-ring (bicyclic) bond motifs is 3. The van der Waals surface area contributed by atoms with Gasteiger partial charge >= 0.3 is 0 Å². The number of benzene rings is 3. The fraction of sp³-hybridized carbons (Fsp3) is 0. The zero-order valence-corrected chi connectivity index (χ0v) is 15.4. The molecule has 6 rings (SSSR count). The molecule has 5 nitrogen and oxygen atoms in total. The molecule has 2 aromatic heterocycles. The van der Waals surface area contributed by atoms with Crippen molar-refractivity contribution in [3.05, 3.63) is 83.9 Å². The molecule has 0 unspecified atom stereocenters. The van der Waals surface area contributed by atoms with Gasteiger partial charge in [0.15, 0.2) is 0 Å². The lowest BCUT2D eigenvalue weighted by molar-refractivity contribution is -0.110. The van der Waals surface area contributed by atoms with Crippen molar-refractivity contribution in [3.8, 4) is 11.4 Å². The van der Waals surface area contributed by atoms with Crippen LogP contribution in [-0.4, -0.2) is 21.1 Å². The summed E-state index contributed by atoms with van der Waals surface area (Å²) < 4.78 is 0. The van der Waals surface area contributed by atoms with Crippen LogP contribution in [0.15, 0.2) is 72.8 Å². The first-order valence-corrected chi connectivity index (χ1v) is 9.45. The molecule has 5 aromatic rings. The van der Waals surface area contributed by atoms with Crippen LogP contribution in [0.5, 0.6) is 0 Å². The summed E-state index contributed by atoms with van der Waals surface area (Å²) in [6, 6.07) is 24.1. The number of aromatic amines is 2. The third-order valence-electron chi connectivity index (χ3n) is 5.39. The van der Waals surface area contributed by atoms with Crippen LogP contribution in [-0.2, 0) is 4.79 Å². The van der Waals surface area contributed by atoms with Gasteiger partial charge < -0.3 is 10.3 Å². The molecule has 138 valence electrons. The summed E-state index contributed by atoms with van der Waals surface area (Å²) in [4.78, 5) is 15.8. The molecular formula is C24H16N4O. The summed E-state index contributed by atoms with van der Waals surface area (Å²) in [5.74, 6) is -0.0744. The van der Waals surface area contributed by atoms with Gasteiger partial charge in [0.05, 0.1) is 11.2 Å². The smallest absolute Gasteiger partial charge is 0.256 e. The first-order chi connectivity index (χ1) is 14.3. The number of H-pyrrole nitrogens is 2. The molecule has 3 aromatic carbocycles. The summed E-state index contributed by atoms with van der Waals surface area (Å²) in [6.45, 7) is 0. The Hall–Kier alpha value is -4.12. The summed E-state index contributed by atoms with van der Waals surface area (Å²) in [7, 11) is 0. The fourth-order valence-corrected chi connectivity index (χ4v) is 3.98. The molecule has 0 radical (unpaired) electrons. The van der Waals surface area contributed by atoms with Crippen molar-refractivity contribution in [2.45, 2.75) is 0 Å². The van der Waals surface area contributed by atoms with Gasteiger partial charge in [0, 0.05) is 33.1 Å². The molecule has 3 heterocycles. The topological polar surface area (TPSA) is 73.6 Å². The number of carbonyl (C=O) groups is 1. The number of aromatic nitrogens is 3. The highest BCUT2D eigenvalue weighted by molar-refractivity contribution is 6.35. The number of hydrogen-bond acceptors (Lipinski definition) is 2. The molecule has 0 saturated heterocycles. The minimum atomic E-state index is -0.0744. The fourth-order valence-electron chi connectivity index (χ4n) is 3.98. The molecule has 5 heteroatoms. The Kier molecular flexibility index (Phi) is 3.25. The van der Waals surface area contributed by atoms with Crippen molar-refractivity contribution >= 4 is 45.0 Å². The predicted molar refractivity (Wildman–Crippen MR) is 116 cm³/mol. The van der Waals surface area contributed by atoms with E-state index < -0.39 is 0 Å². The Morgan fingerprint density at radius 2 is 1.72 bits per heavy atom. The van der Waals surface area contributed by atoms with Crippen molar-refractivity contribution in [2.75, 3.05) is 5.32 Å². The monoisotopic (exact) mass is 376 g/mol. The standard InChI is InChI=1S/C24H16N4O/c29-24-18(16-6-2-4-8-20(16)26-24)11-14-9-10-17-21(12-14)27-28-23(17)22-13-15-5-1-3-7-19(15)25-22/h1-13,25H,(H,26,29)(H,27,28)/b18-11+. The highest BCUT2D eigenvalue weighted by Gasteiger charge is 2.23. The van der Waals surface area contributed by atoms with Crippen molar-refractivity contribution in [2.24, 2.45) is 0 Å². The summed E-state index contributed by atoms with van der Waals surface area (Å²) in [6.07, 6.45) is 1.92. The Bertz CT molecular complexity index is 1420. The highest BCUT2D eigenvalue weighted by Crippen LogP contribution is 2.34. The third-order valence-corrected chi connectivity index (χ3v) is 5.39. The van der Waals surface area contributed by atoms with Crippen LogP contribution in [0.1, 0.15) is 11.1 Å². The van der Waals surface area contributed by atoms with Crippen LogP contribution < -0.4 is 5.32 Å². The number of hydrogen-bond donors (Lipinski definition) is 3. The van der Waals surface area contributed by atoms with Crippen LogP contribution in [0.25, 0.3) is 44.8 Å². The van der Waals surface area contributed by atoms with E-state index in [1.807, 2.05) is 60.7 Å². The molecule has 0 atom stereocenters. The number of para-hydroxylation sites is 2. The average Bonchev–Trinajstić information content (AvgIpc) is 3.43. The van der Waals surface area contributed by atoms with E-state index in [1.165, 1.54) is 0 Å².